The van der Waals surface area contributed by atoms with E-state index in [1.807, 2.05) is 0 Å². The molecule has 3 heterocycles. The zero-order valence-corrected chi connectivity index (χ0v) is 16.6. The van der Waals surface area contributed by atoms with Crippen molar-refractivity contribution in [1.29, 1.82) is 0 Å². The van der Waals surface area contributed by atoms with Gasteiger partial charge in [0.25, 0.3) is 5.91 Å². The SMILES string of the molecule is COc1ccc(C(=O)N2Cc3[nH]cnc3C[C@H]2c2nc(-c3ccc(F)cc3)no2)cc1. The largest absolute Gasteiger partial charge is 0.497 e. The van der Waals surface area contributed by atoms with Gasteiger partial charge in [-0.1, -0.05) is 5.16 Å². The number of ether oxygens (including phenoxy) is 1. The molecule has 0 saturated carbocycles. The van der Waals surface area contributed by atoms with Gasteiger partial charge in [0.15, 0.2) is 0 Å². The summed E-state index contributed by atoms with van der Waals surface area (Å²) >= 11 is 0. The second-order valence-electron chi connectivity index (χ2n) is 7.17. The fraction of sp³-hybridized carbons (Fsp3) is 0.182. The number of aromatic nitrogens is 4. The van der Waals surface area contributed by atoms with Gasteiger partial charge >= 0.3 is 0 Å². The Morgan fingerprint density at radius 2 is 1.97 bits per heavy atom. The lowest BCUT2D eigenvalue weighted by molar-refractivity contribution is 0.0589. The van der Waals surface area contributed by atoms with Crippen LogP contribution in [0.25, 0.3) is 11.4 Å². The third-order valence-electron chi connectivity index (χ3n) is 5.33. The molecule has 0 fully saturated rings. The summed E-state index contributed by atoms with van der Waals surface area (Å²) in [4.78, 5) is 27.0. The first-order valence-electron chi connectivity index (χ1n) is 9.68. The molecule has 8 nitrogen and oxygen atoms in total. The predicted molar refractivity (Wildman–Crippen MR) is 108 cm³/mol. The number of amides is 1. The summed E-state index contributed by atoms with van der Waals surface area (Å²) in [5, 5.41) is 4.03. The fourth-order valence-electron chi connectivity index (χ4n) is 3.66. The van der Waals surface area contributed by atoms with Gasteiger partial charge in [-0.3, -0.25) is 4.79 Å². The molecule has 31 heavy (non-hydrogen) atoms. The number of nitrogens with one attached hydrogen (secondary N) is 1. The lowest BCUT2D eigenvalue weighted by Gasteiger charge is -2.32. The molecule has 0 unspecified atom stereocenters. The standard InChI is InChI=1S/C22H18FN5O3/c1-30-16-8-4-14(5-9-16)22(29)28-11-18-17(24-12-25-18)10-19(28)21-26-20(27-31-21)13-2-6-15(23)7-3-13/h2-9,12,19H,10-11H2,1H3,(H,24,25)/t19-/m0/s1. The molecule has 0 radical (unpaired) electrons. The van der Waals surface area contributed by atoms with Crippen LogP contribution in [0.15, 0.2) is 59.4 Å². The van der Waals surface area contributed by atoms with Gasteiger partial charge in [0.1, 0.15) is 17.6 Å². The van der Waals surface area contributed by atoms with Crippen molar-refractivity contribution < 1.29 is 18.4 Å². The summed E-state index contributed by atoms with van der Waals surface area (Å²) in [6.45, 7) is 0.332. The van der Waals surface area contributed by atoms with Crippen LogP contribution in [0.2, 0.25) is 0 Å². The Bertz CT molecular complexity index is 1220. The quantitative estimate of drug-likeness (QED) is 0.543. The molecule has 2 aromatic heterocycles. The van der Waals surface area contributed by atoms with Crippen LogP contribution < -0.4 is 4.74 Å². The van der Waals surface area contributed by atoms with Crippen molar-refractivity contribution in [3.8, 4) is 17.1 Å². The smallest absolute Gasteiger partial charge is 0.254 e. The molecule has 156 valence electrons. The van der Waals surface area contributed by atoms with E-state index in [-0.39, 0.29) is 11.7 Å². The predicted octanol–water partition coefficient (Wildman–Crippen LogP) is 3.55. The number of methoxy groups -OCH3 is 1. The highest BCUT2D eigenvalue weighted by Gasteiger charge is 2.36. The minimum absolute atomic E-state index is 0.172. The number of fused-ring (bicyclic) bond motifs is 1. The van der Waals surface area contributed by atoms with Gasteiger partial charge in [0.05, 0.1) is 31.4 Å². The van der Waals surface area contributed by atoms with Gasteiger partial charge in [-0.2, -0.15) is 4.98 Å². The molecule has 0 bridgehead atoms. The van der Waals surface area contributed by atoms with Gasteiger partial charge in [-0.15, -0.1) is 0 Å². The van der Waals surface area contributed by atoms with Gasteiger partial charge in [0, 0.05) is 17.5 Å². The molecule has 0 spiro atoms. The van der Waals surface area contributed by atoms with Crippen molar-refractivity contribution in [3.05, 3.63) is 83.5 Å². The molecular formula is C22H18FN5O3. The van der Waals surface area contributed by atoms with Crippen LogP contribution in [0, 0.1) is 5.82 Å². The van der Waals surface area contributed by atoms with E-state index < -0.39 is 6.04 Å². The Labute approximate surface area is 176 Å². The summed E-state index contributed by atoms with van der Waals surface area (Å²) in [6.07, 6.45) is 2.05. The summed E-state index contributed by atoms with van der Waals surface area (Å²) in [5.74, 6) is 0.787. The third-order valence-corrected chi connectivity index (χ3v) is 5.33. The van der Waals surface area contributed by atoms with E-state index in [1.54, 1.807) is 54.7 Å². The van der Waals surface area contributed by atoms with Gasteiger partial charge < -0.3 is 19.1 Å². The van der Waals surface area contributed by atoms with E-state index in [0.717, 1.165) is 11.4 Å². The molecule has 1 aliphatic rings. The number of hydrogen-bond acceptors (Lipinski definition) is 6. The number of rotatable bonds is 4. The number of aromatic amines is 1. The second-order valence-corrected chi connectivity index (χ2v) is 7.17. The zero-order chi connectivity index (χ0) is 21.4. The van der Waals surface area contributed by atoms with Crippen molar-refractivity contribution >= 4 is 5.91 Å². The summed E-state index contributed by atoms with van der Waals surface area (Å²) < 4.78 is 23.9. The molecule has 1 amide bonds. The van der Waals surface area contributed by atoms with Crippen molar-refractivity contribution in [2.45, 2.75) is 19.0 Å². The average molecular weight is 419 g/mol. The first-order valence-corrected chi connectivity index (χ1v) is 9.68. The number of hydrogen-bond donors (Lipinski definition) is 1. The van der Waals surface area contributed by atoms with Crippen LogP contribution >= 0.6 is 0 Å². The van der Waals surface area contributed by atoms with Crippen molar-refractivity contribution in [2.75, 3.05) is 7.11 Å². The minimum Gasteiger partial charge on any atom is -0.497 e. The Morgan fingerprint density at radius 3 is 2.71 bits per heavy atom. The van der Waals surface area contributed by atoms with Crippen molar-refractivity contribution in [3.63, 3.8) is 0 Å². The monoisotopic (exact) mass is 419 g/mol. The van der Waals surface area contributed by atoms with Crippen molar-refractivity contribution in [2.24, 2.45) is 0 Å². The second kappa shape index (κ2) is 7.67. The summed E-state index contributed by atoms with van der Waals surface area (Å²) in [7, 11) is 1.57. The van der Waals surface area contributed by atoms with Crippen LogP contribution in [0.3, 0.4) is 0 Å². The van der Waals surface area contributed by atoms with Crippen LogP contribution in [0.1, 0.15) is 33.7 Å². The van der Waals surface area contributed by atoms with E-state index in [1.165, 1.54) is 12.1 Å². The molecule has 9 heteroatoms. The number of carbonyl (C=O) groups excluding carboxylic acids is 1. The molecule has 1 N–H and O–H groups in total. The maximum atomic E-state index is 13.3. The highest BCUT2D eigenvalue weighted by atomic mass is 19.1. The molecule has 0 saturated heterocycles. The molecule has 4 aromatic rings. The van der Waals surface area contributed by atoms with Crippen LogP contribution in [-0.2, 0) is 13.0 Å². The Hall–Kier alpha value is -4.01. The fourth-order valence-corrected chi connectivity index (χ4v) is 3.66. The summed E-state index contributed by atoms with van der Waals surface area (Å²) in [5.41, 5.74) is 2.87. The highest BCUT2D eigenvalue weighted by molar-refractivity contribution is 5.94. The zero-order valence-electron chi connectivity index (χ0n) is 16.6. The number of carbonyl (C=O) groups is 1. The number of H-pyrrole nitrogens is 1. The lowest BCUT2D eigenvalue weighted by atomic mass is 10.0. The van der Waals surface area contributed by atoms with E-state index in [2.05, 4.69) is 20.1 Å². The number of benzene rings is 2. The Morgan fingerprint density at radius 1 is 1.19 bits per heavy atom. The van der Waals surface area contributed by atoms with Crippen LogP contribution in [0.5, 0.6) is 5.75 Å². The lowest BCUT2D eigenvalue weighted by Crippen LogP contribution is -2.39. The molecule has 1 atom stereocenters. The Balaban J connectivity index is 1.49. The molecule has 2 aromatic carbocycles. The van der Waals surface area contributed by atoms with E-state index in [9.17, 15) is 9.18 Å². The minimum atomic E-state index is -0.480. The van der Waals surface area contributed by atoms with Gasteiger partial charge in [0.2, 0.25) is 11.7 Å². The maximum Gasteiger partial charge on any atom is 0.254 e. The number of halogens is 1. The van der Waals surface area contributed by atoms with E-state index >= 15 is 0 Å². The first kappa shape index (κ1) is 19.0. The first-order chi connectivity index (χ1) is 15.1. The summed E-state index contributed by atoms with van der Waals surface area (Å²) in [6, 6.07) is 12.3. The van der Waals surface area contributed by atoms with Crippen LogP contribution in [0.4, 0.5) is 4.39 Å². The maximum absolute atomic E-state index is 13.3. The van der Waals surface area contributed by atoms with Gasteiger partial charge in [-0.05, 0) is 48.5 Å². The van der Waals surface area contributed by atoms with E-state index in [0.29, 0.717) is 41.6 Å². The topological polar surface area (TPSA) is 97.1 Å². The molecular weight excluding hydrogens is 401 g/mol. The molecule has 1 aliphatic heterocycles. The molecule has 0 aliphatic carbocycles. The van der Waals surface area contributed by atoms with E-state index in [4.69, 9.17) is 9.26 Å². The number of nitrogens with zero attached hydrogens (tertiary/aromatic N) is 4. The Kier molecular flexibility index (Phi) is 4.70. The molecule has 5 rings (SSSR count). The average Bonchev–Trinajstić information content (AvgIpc) is 3.47. The third kappa shape index (κ3) is 3.54. The number of imidazole rings is 1. The normalized spacial score (nSPS) is 15.5. The van der Waals surface area contributed by atoms with Gasteiger partial charge in [-0.25, -0.2) is 9.37 Å². The van der Waals surface area contributed by atoms with Crippen LogP contribution in [-0.4, -0.2) is 38.0 Å². The highest BCUT2D eigenvalue weighted by Crippen LogP contribution is 2.33. The van der Waals surface area contributed by atoms with Crippen molar-refractivity contribution in [1.82, 2.24) is 25.0 Å².